The molecule has 1 atom stereocenters. The van der Waals surface area contributed by atoms with Crippen LogP contribution in [0.1, 0.15) is 5.56 Å². The molecule has 0 saturated carbocycles. The van der Waals surface area contributed by atoms with Crippen molar-refractivity contribution < 1.29 is 58.8 Å². The van der Waals surface area contributed by atoms with Gasteiger partial charge in [0.05, 0.1) is 19.8 Å². The van der Waals surface area contributed by atoms with Crippen LogP contribution in [0, 0.1) is 0 Å². The second kappa shape index (κ2) is 9.96. The van der Waals surface area contributed by atoms with E-state index in [0.717, 1.165) is 5.56 Å². The minimum Gasteiger partial charge on any atom is -0.388 e. The second-order valence-electron chi connectivity index (χ2n) is 5.88. The minimum absolute atomic E-state index is 0.0664. The second-order valence-corrected chi connectivity index (χ2v) is 5.88. The quantitative estimate of drug-likeness (QED) is 0.495. The van der Waals surface area contributed by atoms with E-state index in [0.29, 0.717) is 0 Å². The highest BCUT2D eigenvalue weighted by Crippen LogP contribution is 2.40. The van der Waals surface area contributed by atoms with Gasteiger partial charge in [-0.15, -0.1) is 0 Å². The molecule has 1 N–H and O–H groups in total. The van der Waals surface area contributed by atoms with Gasteiger partial charge in [-0.1, -0.05) is 30.3 Å². The minimum atomic E-state index is -6.35. The number of ether oxygens (including phenoxy) is 3. The maximum atomic E-state index is 13.4. The fourth-order valence-electron chi connectivity index (χ4n) is 1.73. The summed E-state index contributed by atoms with van der Waals surface area (Å²) in [6.45, 7) is -6.16. The number of rotatable bonds is 12. The highest BCUT2D eigenvalue weighted by atomic mass is 19.4. The van der Waals surface area contributed by atoms with Gasteiger partial charge in [0.1, 0.15) is 19.3 Å². The van der Waals surface area contributed by atoms with Crippen LogP contribution in [0.4, 0.5) is 39.5 Å². The molecule has 0 unspecified atom stereocenters. The lowest BCUT2D eigenvalue weighted by atomic mass is 10.2. The zero-order chi connectivity index (χ0) is 22.3. The molecule has 13 heteroatoms. The monoisotopic (exact) mass is 444 g/mol. The first kappa shape index (κ1) is 25.5. The van der Waals surface area contributed by atoms with E-state index in [9.17, 15) is 44.6 Å². The van der Waals surface area contributed by atoms with Gasteiger partial charge in [0.15, 0.2) is 0 Å². The molecule has 0 aliphatic carbocycles. The van der Waals surface area contributed by atoms with Crippen LogP contribution in [-0.2, 0) is 20.8 Å². The Hall–Kier alpha value is -1.57. The molecular weight excluding hydrogens is 427 g/mol. The van der Waals surface area contributed by atoms with Crippen molar-refractivity contribution >= 4 is 0 Å². The SMILES string of the molecule is O[C@@H](COCc1ccccc1)COCC(F)(F)C(F)(F)COC(F)(F)C(F)(F)F. The first-order valence-corrected chi connectivity index (χ1v) is 7.89. The third-order valence-corrected chi connectivity index (χ3v) is 3.32. The number of alkyl halides is 9. The third-order valence-electron chi connectivity index (χ3n) is 3.32. The van der Waals surface area contributed by atoms with Gasteiger partial charge in [-0.2, -0.15) is 39.5 Å². The zero-order valence-electron chi connectivity index (χ0n) is 14.6. The number of benzene rings is 1. The third kappa shape index (κ3) is 7.99. The highest BCUT2D eigenvalue weighted by Gasteiger charge is 2.63. The first-order chi connectivity index (χ1) is 13.2. The summed E-state index contributed by atoms with van der Waals surface area (Å²) in [5.74, 6) is -10.5. The Labute approximate surface area is 159 Å². The Morgan fingerprint density at radius 2 is 1.28 bits per heavy atom. The van der Waals surface area contributed by atoms with Crippen molar-refractivity contribution in [3.8, 4) is 0 Å². The predicted molar refractivity (Wildman–Crippen MR) is 79.8 cm³/mol. The van der Waals surface area contributed by atoms with Gasteiger partial charge in [0, 0.05) is 0 Å². The Kier molecular flexibility index (Phi) is 8.74. The molecular formula is C16H17F9O4. The van der Waals surface area contributed by atoms with Crippen LogP contribution < -0.4 is 0 Å². The molecule has 29 heavy (non-hydrogen) atoms. The normalized spacial score (nSPS) is 14.8. The van der Waals surface area contributed by atoms with Crippen molar-refractivity contribution in [1.82, 2.24) is 0 Å². The largest absolute Gasteiger partial charge is 0.482 e. The van der Waals surface area contributed by atoms with Crippen molar-refractivity contribution in [3.05, 3.63) is 35.9 Å². The maximum absolute atomic E-state index is 13.4. The van der Waals surface area contributed by atoms with Gasteiger partial charge in [-0.05, 0) is 5.56 Å². The maximum Gasteiger partial charge on any atom is 0.482 e. The molecule has 4 nitrogen and oxygen atoms in total. The molecule has 0 heterocycles. The van der Waals surface area contributed by atoms with Crippen LogP contribution in [0.25, 0.3) is 0 Å². The summed E-state index contributed by atoms with van der Waals surface area (Å²) in [6.07, 6.45) is -13.9. The Morgan fingerprint density at radius 1 is 0.759 bits per heavy atom. The van der Waals surface area contributed by atoms with Crippen LogP contribution in [0.5, 0.6) is 0 Å². The number of aliphatic hydroxyl groups excluding tert-OH is 1. The average molecular weight is 444 g/mol. The van der Waals surface area contributed by atoms with Crippen molar-refractivity contribution in [2.45, 2.75) is 36.8 Å². The molecule has 1 aromatic rings. The predicted octanol–water partition coefficient (Wildman–Crippen LogP) is 4.02. The van der Waals surface area contributed by atoms with Crippen LogP contribution in [0.15, 0.2) is 30.3 Å². The van der Waals surface area contributed by atoms with Crippen molar-refractivity contribution in [1.29, 1.82) is 0 Å². The first-order valence-electron chi connectivity index (χ1n) is 7.89. The highest BCUT2D eigenvalue weighted by molar-refractivity contribution is 5.13. The van der Waals surface area contributed by atoms with Crippen LogP contribution in [0.3, 0.4) is 0 Å². The summed E-state index contributed by atoms with van der Waals surface area (Å²) >= 11 is 0. The molecule has 1 aromatic carbocycles. The molecule has 0 aromatic heterocycles. The topological polar surface area (TPSA) is 47.9 Å². The van der Waals surface area contributed by atoms with E-state index in [1.807, 2.05) is 0 Å². The van der Waals surface area contributed by atoms with E-state index in [-0.39, 0.29) is 6.61 Å². The van der Waals surface area contributed by atoms with Gasteiger partial charge >= 0.3 is 24.1 Å². The van der Waals surface area contributed by atoms with Gasteiger partial charge in [0.25, 0.3) is 0 Å². The van der Waals surface area contributed by atoms with E-state index in [1.54, 1.807) is 30.3 Å². The van der Waals surface area contributed by atoms with E-state index < -0.39 is 56.7 Å². The molecule has 0 radical (unpaired) electrons. The summed E-state index contributed by atoms with van der Waals surface area (Å²) in [7, 11) is 0. The van der Waals surface area contributed by atoms with Gasteiger partial charge in [-0.3, -0.25) is 0 Å². The van der Waals surface area contributed by atoms with Crippen LogP contribution in [-0.4, -0.2) is 61.8 Å². The van der Waals surface area contributed by atoms with Gasteiger partial charge in [0.2, 0.25) is 0 Å². The zero-order valence-corrected chi connectivity index (χ0v) is 14.6. The number of aliphatic hydroxyl groups is 1. The summed E-state index contributed by atoms with van der Waals surface area (Å²) in [5.41, 5.74) is 0.738. The molecule has 0 spiro atoms. The standard InChI is InChI=1S/C16H17F9O4/c17-13(18,14(19,20)10-29-16(24,25)15(21,22)23)9-28-8-12(26)7-27-6-11-4-2-1-3-5-11/h1-5,12,26H,6-10H2/t12-/m0/s1. The fraction of sp³-hybridized carbons (Fsp3) is 0.625. The Morgan fingerprint density at radius 3 is 1.83 bits per heavy atom. The molecule has 0 fully saturated rings. The van der Waals surface area contributed by atoms with E-state index in [1.165, 1.54) is 0 Å². The summed E-state index contributed by atoms with van der Waals surface area (Å²) in [4.78, 5) is 0. The molecule has 0 aliphatic rings. The lowest BCUT2D eigenvalue weighted by Gasteiger charge is -2.28. The summed E-state index contributed by atoms with van der Waals surface area (Å²) in [6, 6.07) is 8.59. The average Bonchev–Trinajstić information content (AvgIpc) is 2.60. The van der Waals surface area contributed by atoms with Crippen LogP contribution >= 0.6 is 0 Å². The lowest BCUT2D eigenvalue weighted by molar-refractivity contribution is -0.406. The Bertz CT molecular complexity index is 608. The molecule has 0 saturated heterocycles. The lowest BCUT2D eigenvalue weighted by Crippen LogP contribution is -2.51. The van der Waals surface area contributed by atoms with Gasteiger partial charge < -0.3 is 19.3 Å². The summed E-state index contributed by atoms with van der Waals surface area (Å²) in [5, 5.41) is 9.50. The molecule has 0 aliphatic heterocycles. The molecule has 0 bridgehead atoms. The van der Waals surface area contributed by atoms with E-state index in [4.69, 9.17) is 4.74 Å². The number of halogens is 9. The molecule has 168 valence electrons. The van der Waals surface area contributed by atoms with E-state index in [2.05, 4.69) is 9.47 Å². The van der Waals surface area contributed by atoms with Gasteiger partial charge in [-0.25, -0.2) is 0 Å². The fourth-order valence-corrected chi connectivity index (χ4v) is 1.73. The molecule has 1 rings (SSSR count). The Balaban J connectivity index is 2.40. The van der Waals surface area contributed by atoms with Crippen molar-refractivity contribution in [2.24, 2.45) is 0 Å². The number of hydrogen-bond acceptors (Lipinski definition) is 4. The van der Waals surface area contributed by atoms with E-state index >= 15 is 0 Å². The number of hydrogen-bond donors (Lipinski definition) is 1. The molecule has 0 amide bonds. The summed E-state index contributed by atoms with van der Waals surface area (Å²) < 4.78 is 126. The van der Waals surface area contributed by atoms with Crippen molar-refractivity contribution in [3.63, 3.8) is 0 Å². The van der Waals surface area contributed by atoms with Crippen molar-refractivity contribution in [2.75, 3.05) is 26.4 Å². The smallest absolute Gasteiger partial charge is 0.388 e. The van der Waals surface area contributed by atoms with Crippen LogP contribution in [0.2, 0.25) is 0 Å².